The lowest BCUT2D eigenvalue weighted by molar-refractivity contribution is 0.674. The van der Waals surface area contributed by atoms with Crippen molar-refractivity contribution in [3.8, 4) is 0 Å². The number of aromatic nitrogens is 5. The average molecular weight is 286 g/mol. The molecule has 3 aromatic heterocycles. The van der Waals surface area contributed by atoms with Gasteiger partial charge in [-0.1, -0.05) is 18.7 Å². The van der Waals surface area contributed by atoms with Gasteiger partial charge >= 0.3 is 0 Å². The number of nitrogens with one attached hydrogen (secondary N) is 1. The van der Waals surface area contributed by atoms with E-state index in [0.717, 1.165) is 27.6 Å². The van der Waals surface area contributed by atoms with Crippen molar-refractivity contribution >= 4 is 22.9 Å². The third kappa shape index (κ3) is 2.50. The van der Waals surface area contributed by atoms with Crippen LogP contribution in [0.25, 0.3) is 11.2 Å². The second-order valence-electron chi connectivity index (χ2n) is 4.32. The van der Waals surface area contributed by atoms with Crippen molar-refractivity contribution in [3.05, 3.63) is 36.7 Å². The SMILES string of the molecule is CC[C@@H](N)c1ccc(Sc2ncnc3nc[nH]c23)cn1. The number of hydrogen-bond acceptors (Lipinski definition) is 6. The van der Waals surface area contributed by atoms with Crippen molar-refractivity contribution in [1.82, 2.24) is 24.9 Å². The molecule has 0 radical (unpaired) electrons. The lowest BCUT2D eigenvalue weighted by atomic mass is 10.1. The monoisotopic (exact) mass is 286 g/mol. The Balaban J connectivity index is 1.86. The van der Waals surface area contributed by atoms with Crippen LogP contribution in [-0.2, 0) is 0 Å². The molecule has 0 saturated heterocycles. The Labute approximate surface area is 120 Å². The molecule has 102 valence electrons. The number of rotatable bonds is 4. The minimum Gasteiger partial charge on any atom is -0.341 e. The Morgan fingerprint density at radius 2 is 2.15 bits per heavy atom. The molecule has 3 aromatic rings. The smallest absolute Gasteiger partial charge is 0.181 e. The summed E-state index contributed by atoms with van der Waals surface area (Å²) >= 11 is 1.52. The van der Waals surface area contributed by atoms with E-state index in [-0.39, 0.29) is 6.04 Å². The van der Waals surface area contributed by atoms with E-state index in [1.807, 2.05) is 25.3 Å². The lowest BCUT2D eigenvalue weighted by Crippen LogP contribution is -2.10. The van der Waals surface area contributed by atoms with Gasteiger partial charge in [0, 0.05) is 17.1 Å². The normalized spacial score (nSPS) is 12.7. The van der Waals surface area contributed by atoms with Crippen molar-refractivity contribution in [1.29, 1.82) is 0 Å². The third-order valence-electron chi connectivity index (χ3n) is 2.98. The maximum atomic E-state index is 5.95. The van der Waals surface area contributed by atoms with Crippen LogP contribution in [0.4, 0.5) is 0 Å². The highest BCUT2D eigenvalue weighted by Gasteiger charge is 2.09. The zero-order chi connectivity index (χ0) is 13.9. The lowest BCUT2D eigenvalue weighted by Gasteiger charge is -2.08. The summed E-state index contributed by atoms with van der Waals surface area (Å²) in [5, 5.41) is 0.835. The molecule has 0 aliphatic carbocycles. The Morgan fingerprint density at radius 3 is 2.90 bits per heavy atom. The van der Waals surface area contributed by atoms with E-state index in [1.165, 1.54) is 18.1 Å². The first-order valence-electron chi connectivity index (χ1n) is 6.31. The molecule has 1 atom stereocenters. The van der Waals surface area contributed by atoms with Crippen molar-refractivity contribution in [2.45, 2.75) is 29.3 Å². The molecule has 6 nitrogen and oxygen atoms in total. The van der Waals surface area contributed by atoms with E-state index in [4.69, 9.17) is 5.73 Å². The largest absolute Gasteiger partial charge is 0.341 e. The van der Waals surface area contributed by atoms with Crippen LogP contribution in [0.2, 0.25) is 0 Å². The van der Waals surface area contributed by atoms with Gasteiger partial charge in [0.15, 0.2) is 5.65 Å². The Morgan fingerprint density at radius 1 is 1.25 bits per heavy atom. The molecule has 0 aromatic carbocycles. The number of hydrogen-bond donors (Lipinski definition) is 2. The van der Waals surface area contributed by atoms with Gasteiger partial charge in [-0.05, 0) is 18.6 Å². The summed E-state index contributed by atoms with van der Waals surface area (Å²) in [4.78, 5) is 20.9. The molecule has 0 saturated carbocycles. The number of nitrogens with zero attached hydrogens (tertiary/aromatic N) is 4. The summed E-state index contributed by atoms with van der Waals surface area (Å²) in [6.07, 6.45) is 5.82. The molecule has 0 fully saturated rings. The predicted molar refractivity (Wildman–Crippen MR) is 77.3 cm³/mol. The minimum absolute atomic E-state index is 0.00702. The minimum atomic E-state index is -0.00702. The summed E-state index contributed by atoms with van der Waals surface area (Å²) in [6, 6.07) is 3.96. The van der Waals surface area contributed by atoms with Crippen LogP contribution in [0, 0.1) is 0 Å². The van der Waals surface area contributed by atoms with Gasteiger partial charge in [0.05, 0.1) is 12.0 Å². The fourth-order valence-electron chi connectivity index (χ4n) is 1.81. The van der Waals surface area contributed by atoms with E-state index in [1.54, 1.807) is 6.33 Å². The fraction of sp³-hybridized carbons (Fsp3) is 0.231. The van der Waals surface area contributed by atoms with Gasteiger partial charge in [0.1, 0.15) is 16.9 Å². The zero-order valence-corrected chi connectivity index (χ0v) is 11.8. The quantitative estimate of drug-likeness (QED) is 0.715. The molecule has 0 aliphatic rings. The highest BCUT2D eigenvalue weighted by Crippen LogP contribution is 2.29. The van der Waals surface area contributed by atoms with E-state index >= 15 is 0 Å². The number of fused-ring (bicyclic) bond motifs is 1. The molecule has 7 heteroatoms. The molecule has 20 heavy (non-hydrogen) atoms. The number of aromatic amines is 1. The molecular weight excluding hydrogens is 272 g/mol. The standard InChI is InChI=1S/C13H14N6S/c1-2-9(14)10-4-3-8(5-15-10)20-13-11-12(17-6-16-11)18-7-19-13/h3-7,9H,2,14H2,1H3,(H,16,17,18,19)/t9-/m1/s1. The molecule has 3 heterocycles. The summed E-state index contributed by atoms with van der Waals surface area (Å²) in [5.41, 5.74) is 8.37. The molecule has 0 unspecified atom stereocenters. The van der Waals surface area contributed by atoms with Gasteiger partial charge in [0.25, 0.3) is 0 Å². The van der Waals surface area contributed by atoms with Gasteiger partial charge in [-0.3, -0.25) is 4.98 Å². The van der Waals surface area contributed by atoms with Crippen LogP contribution in [-0.4, -0.2) is 24.9 Å². The van der Waals surface area contributed by atoms with Gasteiger partial charge < -0.3 is 10.7 Å². The van der Waals surface area contributed by atoms with E-state index < -0.39 is 0 Å². The summed E-state index contributed by atoms with van der Waals surface area (Å²) in [7, 11) is 0. The first kappa shape index (κ1) is 13.0. The highest BCUT2D eigenvalue weighted by molar-refractivity contribution is 7.99. The summed E-state index contributed by atoms with van der Waals surface area (Å²) < 4.78 is 0. The summed E-state index contributed by atoms with van der Waals surface area (Å²) in [6.45, 7) is 2.05. The molecular formula is C13H14N6S. The van der Waals surface area contributed by atoms with Crippen LogP contribution in [0.15, 0.2) is 40.9 Å². The first-order chi connectivity index (χ1) is 9.78. The Kier molecular flexibility index (Phi) is 3.62. The molecule has 3 rings (SSSR count). The molecule has 0 spiro atoms. The van der Waals surface area contributed by atoms with E-state index in [9.17, 15) is 0 Å². The fourth-order valence-corrected chi connectivity index (χ4v) is 2.63. The Hall–Kier alpha value is -1.99. The van der Waals surface area contributed by atoms with Crippen LogP contribution in [0.5, 0.6) is 0 Å². The van der Waals surface area contributed by atoms with Crippen molar-refractivity contribution in [2.24, 2.45) is 5.73 Å². The number of nitrogens with two attached hydrogens (primary N) is 1. The van der Waals surface area contributed by atoms with E-state index in [2.05, 4.69) is 24.9 Å². The van der Waals surface area contributed by atoms with Crippen LogP contribution < -0.4 is 5.73 Å². The maximum Gasteiger partial charge on any atom is 0.181 e. The van der Waals surface area contributed by atoms with Crippen molar-refractivity contribution in [3.63, 3.8) is 0 Å². The van der Waals surface area contributed by atoms with Gasteiger partial charge in [-0.2, -0.15) is 0 Å². The second kappa shape index (κ2) is 5.56. The highest BCUT2D eigenvalue weighted by atomic mass is 32.2. The topological polar surface area (TPSA) is 93.4 Å². The number of pyridine rings is 1. The number of imidazole rings is 1. The van der Waals surface area contributed by atoms with Gasteiger partial charge in [-0.15, -0.1) is 0 Å². The maximum absolute atomic E-state index is 5.95. The third-order valence-corrected chi connectivity index (χ3v) is 3.96. The van der Waals surface area contributed by atoms with Crippen molar-refractivity contribution < 1.29 is 0 Å². The van der Waals surface area contributed by atoms with E-state index in [0.29, 0.717) is 5.65 Å². The number of H-pyrrole nitrogens is 1. The first-order valence-corrected chi connectivity index (χ1v) is 7.13. The molecule has 0 bridgehead atoms. The zero-order valence-electron chi connectivity index (χ0n) is 10.9. The van der Waals surface area contributed by atoms with Crippen LogP contribution in [0.1, 0.15) is 25.1 Å². The van der Waals surface area contributed by atoms with Gasteiger partial charge in [0.2, 0.25) is 0 Å². The predicted octanol–water partition coefficient (Wildman–Crippen LogP) is 2.31. The summed E-state index contributed by atoms with van der Waals surface area (Å²) in [5.74, 6) is 0. The van der Waals surface area contributed by atoms with Gasteiger partial charge in [-0.25, -0.2) is 15.0 Å². The molecule has 3 N–H and O–H groups in total. The van der Waals surface area contributed by atoms with Crippen molar-refractivity contribution in [2.75, 3.05) is 0 Å². The van der Waals surface area contributed by atoms with Crippen LogP contribution in [0.3, 0.4) is 0 Å². The molecule has 0 aliphatic heterocycles. The molecule has 0 amide bonds. The second-order valence-corrected chi connectivity index (χ2v) is 5.38. The van der Waals surface area contributed by atoms with Crippen LogP contribution >= 0.6 is 11.8 Å². The Bertz CT molecular complexity index is 708. The average Bonchev–Trinajstić information content (AvgIpc) is 2.97.